The van der Waals surface area contributed by atoms with Gasteiger partial charge in [-0.15, -0.1) is 0 Å². The molecule has 1 amide bonds. The zero-order valence-corrected chi connectivity index (χ0v) is 14.2. The summed E-state index contributed by atoms with van der Waals surface area (Å²) in [5, 5.41) is 13.9. The fourth-order valence-electron chi connectivity index (χ4n) is 2.98. The summed E-state index contributed by atoms with van der Waals surface area (Å²) in [6.07, 6.45) is 0. The number of benzene rings is 1. The standard InChI is InChI=1S/C16H18ClN3O4/c1-9-18-15(24-19-9)13-7-20(6-10(13)8-21)16(22)12-5-11(17)3-4-14(12)23-2/h3-5,10,13,21H,6-8H2,1-2H3/t10-,13+/m0/s1. The first-order chi connectivity index (χ1) is 11.5. The van der Waals surface area contributed by atoms with E-state index in [0.717, 1.165) is 0 Å². The van der Waals surface area contributed by atoms with E-state index in [1.165, 1.54) is 7.11 Å². The highest BCUT2D eigenvalue weighted by atomic mass is 35.5. The molecule has 0 spiro atoms. The van der Waals surface area contributed by atoms with E-state index in [4.69, 9.17) is 20.9 Å². The molecule has 0 aliphatic carbocycles. The summed E-state index contributed by atoms with van der Waals surface area (Å²) in [6.45, 7) is 2.46. The van der Waals surface area contributed by atoms with E-state index in [9.17, 15) is 9.90 Å². The molecule has 2 heterocycles. The molecule has 1 N–H and O–H groups in total. The molecule has 2 aromatic rings. The fraction of sp³-hybridized carbons (Fsp3) is 0.438. The van der Waals surface area contributed by atoms with Crippen LogP contribution in [-0.4, -0.2) is 52.9 Å². The molecule has 0 radical (unpaired) electrons. The Bertz CT molecular complexity index is 749. The molecular formula is C16H18ClN3O4. The second-order valence-electron chi connectivity index (χ2n) is 5.78. The van der Waals surface area contributed by atoms with Crippen LogP contribution in [0.1, 0.15) is 28.0 Å². The van der Waals surface area contributed by atoms with Gasteiger partial charge >= 0.3 is 0 Å². The monoisotopic (exact) mass is 351 g/mol. The smallest absolute Gasteiger partial charge is 0.257 e. The molecule has 1 aromatic heterocycles. The first-order valence-corrected chi connectivity index (χ1v) is 7.95. The van der Waals surface area contributed by atoms with Crippen molar-refractivity contribution in [3.05, 3.63) is 40.5 Å². The Morgan fingerprint density at radius 3 is 2.92 bits per heavy atom. The number of aryl methyl sites for hydroxylation is 1. The minimum Gasteiger partial charge on any atom is -0.496 e. The zero-order chi connectivity index (χ0) is 17.3. The average molecular weight is 352 g/mol. The number of amides is 1. The molecule has 128 valence electrons. The van der Waals surface area contributed by atoms with Crippen LogP contribution in [0.25, 0.3) is 0 Å². The molecule has 1 aliphatic heterocycles. The van der Waals surface area contributed by atoms with Crippen LogP contribution in [0.15, 0.2) is 22.7 Å². The summed E-state index contributed by atoms with van der Waals surface area (Å²) >= 11 is 6.01. The summed E-state index contributed by atoms with van der Waals surface area (Å²) in [7, 11) is 1.50. The third-order valence-corrected chi connectivity index (χ3v) is 4.45. The maximum atomic E-state index is 12.9. The maximum Gasteiger partial charge on any atom is 0.257 e. The number of nitrogens with zero attached hydrogens (tertiary/aromatic N) is 3. The number of likely N-dealkylation sites (tertiary alicyclic amines) is 1. The summed E-state index contributed by atoms with van der Waals surface area (Å²) in [4.78, 5) is 18.7. The van der Waals surface area contributed by atoms with Crippen molar-refractivity contribution >= 4 is 17.5 Å². The number of rotatable bonds is 4. The van der Waals surface area contributed by atoms with Crippen LogP contribution in [0.4, 0.5) is 0 Å². The van der Waals surface area contributed by atoms with Crippen molar-refractivity contribution in [2.45, 2.75) is 12.8 Å². The quantitative estimate of drug-likeness (QED) is 0.904. The minimum absolute atomic E-state index is 0.0669. The van der Waals surface area contributed by atoms with E-state index in [1.54, 1.807) is 30.0 Å². The van der Waals surface area contributed by atoms with Crippen LogP contribution in [0.2, 0.25) is 5.02 Å². The molecule has 3 rings (SSSR count). The van der Waals surface area contributed by atoms with Gasteiger partial charge in [0.25, 0.3) is 5.91 Å². The van der Waals surface area contributed by atoms with Crippen LogP contribution in [0.3, 0.4) is 0 Å². The summed E-state index contributed by atoms with van der Waals surface area (Å²) < 4.78 is 10.5. The molecular weight excluding hydrogens is 334 g/mol. The van der Waals surface area contributed by atoms with Crippen molar-refractivity contribution in [3.63, 3.8) is 0 Å². The number of hydrogen-bond acceptors (Lipinski definition) is 6. The predicted octanol–water partition coefficient (Wildman–Crippen LogP) is 1.89. The van der Waals surface area contributed by atoms with Gasteiger partial charge in [-0.2, -0.15) is 4.98 Å². The highest BCUT2D eigenvalue weighted by Crippen LogP contribution is 2.34. The number of hydrogen-bond donors (Lipinski definition) is 1. The van der Waals surface area contributed by atoms with Gasteiger partial charge in [0.1, 0.15) is 5.75 Å². The van der Waals surface area contributed by atoms with Crippen molar-refractivity contribution in [2.75, 3.05) is 26.8 Å². The number of aliphatic hydroxyl groups excluding tert-OH is 1. The van der Waals surface area contributed by atoms with Crippen molar-refractivity contribution in [1.29, 1.82) is 0 Å². The van der Waals surface area contributed by atoms with E-state index in [1.807, 2.05) is 0 Å². The molecule has 1 saturated heterocycles. The lowest BCUT2D eigenvalue weighted by Gasteiger charge is -2.18. The van der Waals surface area contributed by atoms with Crippen molar-refractivity contribution in [1.82, 2.24) is 15.0 Å². The first-order valence-electron chi connectivity index (χ1n) is 7.57. The van der Waals surface area contributed by atoms with Crippen LogP contribution >= 0.6 is 11.6 Å². The Morgan fingerprint density at radius 2 is 2.29 bits per heavy atom. The van der Waals surface area contributed by atoms with Gasteiger partial charge in [0.15, 0.2) is 5.82 Å². The Kier molecular flexibility index (Phi) is 4.73. The number of methoxy groups -OCH3 is 1. The summed E-state index contributed by atoms with van der Waals surface area (Å²) in [5.74, 6) is 0.890. The first kappa shape index (κ1) is 16.7. The number of carbonyl (C=O) groups excluding carboxylic acids is 1. The lowest BCUT2D eigenvalue weighted by molar-refractivity contribution is 0.0777. The molecule has 1 aliphatic rings. The van der Waals surface area contributed by atoms with E-state index in [0.29, 0.717) is 41.1 Å². The van der Waals surface area contributed by atoms with Crippen LogP contribution in [0.5, 0.6) is 5.75 Å². The number of aromatic nitrogens is 2. The second-order valence-corrected chi connectivity index (χ2v) is 6.22. The van der Waals surface area contributed by atoms with Crippen molar-refractivity contribution in [3.8, 4) is 5.75 Å². The van der Waals surface area contributed by atoms with E-state index < -0.39 is 0 Å². The topological polar surface area (TPSA) is 88.7 Å². The average Bonchev–Trinajstić information content (AvgIpc) is 3.19. The number of ether oxygens (including phenoxy) is 1. The molecule has 0 bridgehead atoms. The van der Waals surface area contributed by atoms with Crippen LogP contribution in [0, 0.1) is 12.8 Å². The summed E-state index contributed by atoms with van der Waals surface area (Å²) in [6, 6.07) is 4.91. The largest absolute Gasteiger partial charge is 0.496 e. The molecule has 0 unspecified atom stereocenters. The fourth-order valence-corrected chi connectivity index (χ4v) is 3.16. The van der Waals surface area contributed by atoms with E-state index >= 15 is 0 Å². The van der Waals surface area contributed by atoms with Gasteiger partial charge in [-0.05, 0) is 25.1 Å². The third-order valence-electron chi connectivity index (χ3n) is 4.22. The number of carbonyl (C=O) groups is 1. The van der Waals surface area contributed by atoms with Gasteiger partial charge in [-0.1, -0.05) is 16.8 Å². The Hall–Kier alpha value is -2.12. The van der Waals surface area contributed by atoms with E-state index in [2.05, 4.69) is 10.1 Å². The molecule has 1 fully saturated rings. The maximum absolute atomic E-state index is 12.9. The highest BCUT2D eigenvalue weighted by molar-refractivity contribution is 6.31. The number of aliphatic hydroxyl groups is 1. The second kappa shape index (κ2) is 6.78. The zero-order valence-electron chi connectivity index (χ0n) is 13.4. The SMILES string of the molecule is COc1ccc(Cl)cc1C(=O)N1C[C@@H](CO)[C@H](c2nc(C)no2)C1. The Balaban J connectivity index is 1.85. The van der Waals surface area contributed by atoms with Gasteiger partial charge < -0.3 is 19.3 Å². The lowest BCUT2D eigenvalue weighted by Crippen LogP contribution is -2.29. The van der Waals surface area contributed by atoms with Crippen LogP contribution < -0.4 is 4.74 Å². The number of halogens is 1. The molecule has 0 saturated carbocycles. The van der Waals surface area contributed by atoms with Gasteiger partial charge in [0.05, 0.1) is 18.6 Å². The molecule has 8 heteroatoms. The highest BCUT2D eigenvalue weighted by Gasteiger charge is 2.39. The summed E-state index contributed by atoms with van der Waals surface area (Å²) in [5.41, 5.74) is 0.393. The minimum atomic E-state index is -0.202. The predicted molar refractivity (Wildman–Crippen MR) is 86.3 cm³/mol. The van der Waals surface area contributed by atoms with E-state index in [-0.39, 0.29) is 24.3 Å². The van der Waals surface area contributed by atoms with Gasteiger partial charge in [0.2, 0.25) is 5.89 Å². The van der Waals surface area contributed by atoms with Crippen molar-refractivity contribution in [2.24, 2.45) is 5.92 Å². The Labute approximate surface area is 144 Å². The Morgan fingerprint density at radius 1 is 1.50 bits per heavy atom. The lowest BCUT2D eigenvalue weighted by atomic mass is 9.97. The van der Waals surface area contributed by atoms with Crippen LogP contribution in [-0.2, 0) is 0 Å². The third kappa shape index (κ3) is 3.09. The van der Waals surface area contributed by atoms with Crippen molar-refractivity contribution < 1.29 is 19.2 Å². The normalized spacial score (nSPS) is 20.4. The van der Waals surface area contributed by atoms with Gasteiger partial charge in [0, 0.05) is 30.6 Å². The molecule has 2 atom stereocenters. The molecule has 7 nitrogen and oxygen atoms in total. The van der Waals surface area contributed by atoms with Gasteiger partial charge in [-0.3, -0.25) is 4.79 Å². The molecule has 24 heavy (non-hydrogen) atoms. The molecule has 1 aromatic carbocycles. The van der Waals surface area contributed by atoms with Gasteiger partial charge in [-0.25, -0.2) is 0 Å².